The molecule has 4 rings (SSSR count). The summed E-state index contributed by atoms with van der Waals surface area (Å²) < 4.78 is 5.79. The number of ether oxygens (including phenoxy) is 1. The smallest absolute Gasteiger partial charge is 0.142 e. The van der Waals surface area contributed by atoms with Crippen LogP contribution >= 0.6 is 0 Å². The van der Waals surface area contributed by atoms with Crippen molar-refractivity contribution in [3.05, 3.63) is 48.7 Å². The van der Waals surface area contributed by atoms with Crippen molar-refractivity contribution in [2.75, 3.05) is 56.1 Å². The van der Waals surface area contributed by atoms with Gasteiger partial charge in [0.25, 0.3) is 0 Å². The Kier molecular flexibility index (Phi) is 4.99. The fraction of sp³-hybridized carbons (Fsp3) is 0.421. The van der Waals surface area contributed by atoms with Gasteiger partial charge in [0, 0.05) is 45.5 Å². The monoisotopic (exact) mass is 339 g/mol. The van der Waals surface area contributed by atoms with Crippen LogP contribution in [0.25, 0.3) is 0 Å². The minimum atomic E-state index is 0.171. The lowest BCUT2D eigenvalue weighted by Gasteiger charge is -2.36. The Bertz CT molecular complexity index is 673. The van der Waals surface area contributed by atoms with Gasteiger partial charge in [0.1, 0.15) is 24.3 Å². The van der Waals surface area contributed by atoms with Crippen LogP contribution in [0.15, 0.2) is 48.7 Å². The second-order valence-corrected chi connectivity index (χ2v) is 6.47. The first-order valence-electron chi connectivity index (χ1n) is 8.98. The molecule has 2 aliphatic heterocycles. The van der Waals surface area contributed by atoms with Gasteiger partial charge in [-0.25, -0.2) is 4.98 Å². The Balaban J connectivity index is 1.18. The molecule has 2 aromatic rings. The van der Waals surface area contributed by atoms with Crippen LogP contribution in [-0.2, 0) is 0 Å². The Morgan fingerprint density at radius 3 is 2.76 bits per heavy atom. The molecule has 1 aromatic carbocycles. The van der Waals surface area contributed by atoms with Crippen LogP contribution in [0.3, 0.4) is 0 Å². The molecule has 1 aromatic heterocycles. The zero-order valence-corrected chi connectivity index (χ0v) is 14.4. The summed E-state index contributed by atoms with van der Waals surface area (Å²) in [5.41, 5.74) is 1.07. The number of nitrogens with one attached hydrogen (secondary N) is 2. The minimum absolute atomic E-state index is 0.171. The van der Waals surface area contributed by atoms with E-state index in [1.165, 1.54) is 0 Å². The summed E-state index contributed by atoms with van der Waals surface area (Å²) in [6.45, 7) is 6.89. The highest BCUT2D eigenvalue weighted by Gasteiger charge is 2.20. The molecule has 132 valence electrons. The van der Waals surface area contributed by atoms with E-state index in [0.29, 0.717) is 6.61 Å². The number of para-hydroxylation sites is 2. The van der Waals surface area contributed by atoms with Crippen molar-refractivity contribution in [2.45, 2.75) is 6.17 Å². The molecule has 1 atom stereocenters. The topological polar surface area (TPSA) is 52.7 Å². The lowest BCUT2D eigenvalue weighted by Crippen LogP contribution is -2.50. The predicted octanol–water partition coefficient (Wildman–Crippen LogP) is 1.62. The normalized spacial score (nSPS) is 20.5. The number of rotatable bonds is 5. The van der Waals surface area contributed by atoms with Gasteiger partial charge in [-0.3, -0.25) is 10.2 Å². The van der Waals surface area contributed by atoms with Crippen LogP contribution in [0.2, 0.25) is 0 Å². The number of fused-ring (bicyclic) bond motifs is 1. The molecule has 0 aliphatic carbocycles. The van der Waals surface area contributed by atoms with Gasteiger partial charge in [-0.15, -0.1) is 0 Å². The molecule has 1 fully saturated rings. The van der Waals surface area contributed by atoms with Crippen LogP contribution in [0, 0.1) is 0 Å². The number of hydrogen-bond acceptors (Lipinski definition) is 6. The third-order valence-electron chi connectivity index (χ3n) is 4.79. The van der Waals surface area contributed by atoms with Crippen molar-refractivity contribution in [2.24, 2.45) is 0 Å². The molecule has 6 heteroatoms. The third kappa shape index (κ3) is 4.03. The first kappa shape index (κ1) is 16.2. The minimum Gasteiger partial charge on any atom is -0.488 e. The molecule has 2 aliphatic rings. The molecule has 0 saturated carbocycles. The van der Waals surface area contributed by atoms with E-state index in [1.807, 2.05) is 30.5 Å². The number of aromatic nitrogens is 1. The molecule has 3 heterocycles. The van der Waals surface area contributed by atoms with E-state index in [0.717, 1.165) is 56.5 Å². The second kappa shape index (κ2) is 7.72. The second-order valence-electron chi connectivity index (χ2n) is 6.47. The van der Waals surface area contributed by atoms with Gasteiger partial charge < -0.3 is 15.0 Å². The molecule has 6 nitrogen and oxygen atoms in total. The standard InChI is InChI=1S/C19H25N5O/c1-2-6-17-16(5-1)22-18(15-25-17)20-9-10-23-11-13-24(14-12-23)19-7-3-4-8-21-19/h1-8,18,20,22H,9-15H2. The maximum absolute atomic E-state index is 5.79. The van der Waals surface area contributed by atoms with Crippen molar-refractivity contribution in [1.29, 1.82) is 0 Å². The number of pyridine rings is 1. The summed E-state index contributed by atoms with van der Waals surface area (Å²) in [6.07, 6.45) is 2.04. The maximum Gasteiger partial charge on any atom is 0.142 e. The van der Waals surface area contributed by atoms with Crippen LogP contribution in [-0.4, -0.2) is 61.9 Å². The highest BCUT2D eigenvalue weighted by atomic mass is 16.5. The molecule has 0 bridgehead atoms. The molecule has 1 saturated heterocycles. The first-order valence-corrected chi connectivity index (χ1v) is 8.98. The zero-order chi connectivity index (χ0) is 16.9. The van der Waals surface area contributed by atoms with Crippen LogP contribution in [0.1, 0.15) is 0 Å². The van der Waals surface area contributed by atoms with Gasteiger partial charge >= 0.3 is 0 Å². The first-order chi connectivity index (χ1) is 12.4. The number of benzene rings is 1. The fourth-order valence-electron chi connectivity index (χ4n) is 3.36. The third-order valence-corrected chi connectivity index (χ3v) is 4.79. The van der Waals surface area contributed by atoms with E-state index < -0.39 is 0 Å². The summed E-state index contributed by atoms with van der Waals surface area (Å²) in [4.78, 5) is 9.30. The molecule has 0 spiro atoms. The average molecular weight is 339 g/mol. The summed E-state index contributed by atoms with van der Waals surface area (Å²) in [5, 5.41) is 7.04. The van der Waals surface area contributed by atoms with Gasteiger partial charge in [0.05, 0.1) is 5.69 Å². The lowest BCUT2D eigenvalue weighted by molar-refractivity contribution is 0.234. The quantitative estimate of drug-likeness (QED) is 0.863. The largest absolute Gasteiger partial charge is 0.488 e. The summed E-state index contributed by atoms with van der Waals surface area (Å²) >= 11 is 0. The Morgan fingerprint density at radius 1 is 1.08 bits per heavy atom. The van der Waals surface area contributed by atoms with E-state index in [1.54, 1.807) is 0 Å². The van der Waals surface area contributed by atoms with Gasteiger partial charge in [-0.05, 0) is 24.3 Å². The van der Waals surface area contributed by atoms with Gasteiger partial charge in [-0.2, -0.15) is 0 Å². The van der Waals surface area contributed by atoms with Crippen LogP contribution in [0.5, 0.6) is 5.75 Å². The Hall–Kier alpha value is -2.31. The number of anilines is 2. The SMILES string of the molecule is c1ccc(N2CCN(CCNC3COc4ccccc4N3)CC2)nc1. The van der Waals surface area contributed by atoms with Crippen molar-refractivity contribution in [3.8, 4) is 5.75 Å². The van der Waals surface area contributed by atoms with E-state index in [-0.39, 0.29) is 6.17 Å². The van der Waals surface area contributed by atoms with Crippen molar-refractivity contribution < 1.29 is 4.74 Å². The molecule has 1 unspecified atom stereocenters. The van der Waals surface area contributed by atoms with Crippen molar-refractivity contribution >= 4 is 11.5 Å². The summed E-state index contributed by atoms with van der Waals surface area (Å²) in [6, 6.07) is 14.2. The zero-order valence-electron chi connectivity index (χ0n) is 14.4. The molecular formula is C19H25N5O. The molecule has 0 amide bonds. The number of nitrogens with zero attached hydrogens (tertiary/aromatic N) is 3. The molecule has 25 heavy (non-hydrogen) atoms. The van der Waals surface area contributed by atoms with E-state index >= 15 is 0 Å². The molecule has 0 radical (unpaired) electrons. The molecular weight excluding hydrogens is 314 g/mol. The highest BCUT2D eigenvalue weighted by molar-refractivity contribution is 5.58. The molecule has 2 N–H and O–H groups in total. The lowest BCUT2D eigenvalue weighted by atomic mass is 10.2. The van der Waals surface area contributed by atoms with Crippen molar-refractivity contribution in [3.63, 3.8) is 0 Å². The highest BCUT2D eigenvalue weighted by Crippen LogP contribution is 2.27. The summed E-state index contributed by atoms with van der Waals surface area (Å²) in [5.74, 6) is 2.02. The predicted molar refractivity (Wildman–Crippen MR) is 100 cm³/mol. The summed E-state index contributed by atoms with van der Waals surface area (Å²) in [7, 11) is 0. The average Bonchev–Trinajstić information content (AvgIpc) is 2.69. The van der Waals surface area contributed by atoms with E-state index in [9.17, 15) is 0 Å². The van der Waals surface area contributed by atoms with Crippen LogP contribution < -0.4 is 20.3 Å². The van der Waals surface area contributed by atoms with Crippen molar-refractivity contribution in [1.82, 2.24) is 15.2 Å². The van der Waals surface area contributed by atoms with E-state index in [4.69, 9.17) is 4.74 Å². The number of hydrogen-bond donors (Lipinski definition) is 2. The fourth-order valence-corrected chi connectivity index (χ4v) is 3.36. The van der Waals surface area contributed by atoms with Crippen LogP contribution in [0.4, 0.5) is 11.5 Å². The number of piperazine rings is 1. The van der Waals surface area contributed by atoms with Gasteiger partial charge in [0.2, 0.25) is 0 Å². The maximum atomic E-state index is 5.79. The Morgan fingerprint density at radius 2 is 1.92 bits per heavy atom. The van der Waals surface area contributed by atoms with E-state index in [2.05, 4.69) is 43.6 Å². The van der Waals surface area contributed by atoms with Gasteiger partial charge in [-0.1, -0.05) is 18.2 Å². The Labute approximate surface area is 148 Å². The van der Waals surface area contributed by atoms with Gasteiger partial charge in [0.15, 0.2) is 0 Å².